The van der Waals surface area contributed by atoms with Crippen LogP contribution in [0.5, 0.6) is 0 Å². The fourth-order valence-electron chi connectivity index (χ4n) is 3.09. The standard InChI is InChI=1S/C19H28N6S/c1-3-21-18(23-13-19(2)8-5-9-26-19)22-11-16-6-4-7-17(10-16)12-25-15-20-14-24-25/h4,6-7,10,14-15H,3,5,8-9,11-13H2,1-2H3,(H2,21,22,23). The monoisotopic (exact) mass is 372 g/mol. The molecular weight excluding hydrogens is 344 g/mol. The van der Waals surface area contributed by atoms with Crippen molar-refractivity contribution in [2.75, 3.05) is 18.8 Å². The van der Waals surface area contributed by atoms with E-state index >= 15 is 0 Å². The molecule has 26 heavy (non-hydrogen) atoms. The summed E-state index contributed by atoms with van der Waals surface area (Å²) in [6, 6.07) is 8.49. The highest BCUT2D eigenvalue weighted by Gasteiger charge is 2.29. The number of aliphatic imine (C=N–C) groups is 1. The molecular formula is C19H28N6S. The van der Waals surface area contributed by atoms with Crippen LogP contribution in [0.15, 0.2) is 41.9 Å². The Morgan fingerprint density at radius 2 is 2.23 bits per heavy atom. The molecule has 3 rings (SSSR count). The smallest absolute Gasteiger partial charge is 0.191 e. The van der Waals surface area contributed by atoms with Crippen molar-refractivity contribution < 1.29 is 0 Å². The zero-order valence-electron chi connectivity index (χ0n) is 15.6. The number of nitrogens with zero attached hydrogens (tertiary/aromatic N) is 4. The molecule has 0 saturated carbocycles. The highest BCUT2D eigenvalue weighted by molar-refractivity contribution is 8.00. The van der Waals surface area contributed by atoms with Crippen molar-refractivity contribution in [2.45, 2.75) is 44.5 Å². The van der Waals surface area contributed by atoms with Gasteiger partial charge in [0.1, 0.15) is 12.7 Å². The molecule has 1 unspecified atom stereocenters. The van der Waals surface area contributed by atoms with Crippen molar-refractivity contribution in [3.63, 3.8) is 0 Å². The normalized spacial score (nSPS) is 20.3. The molecule has 2 N–H and O–H groups in total. The van der Waals surface area contributed by atoms with Crippen LogP contribution in [-0.4, -0.2) is 44.3 Å². The van der Waals surface area contributed by atoms with Gasteiger partial charge in [-0.25, -0.2) is 14.7 Å². The summed E-state index contributed by atoms with van der Waals surface area (Å²) in [7, 11) is 0. The predicted molar refractivity (Wildman–Crippen MR) is 108 cm³/mol. The first-order valence-electron chi connectivity index (χ1n) is 9.23. The fraction of sp³-hybridized carbons (Fsp3) is 0.526. The van der Waals surface area contributed by atoms with Crippen LogP contribution in [-0.2, 0) is 13.1 Å². The molecule has 1 saturated heterocycles. The highest BCUT2D eigenvalue weighted by atomic mass is 32.2. The number of thioether (sulfide) groups is 1. The molecule has 6 nitrogen and oxygen atoms in total. The Labute approximate surface area is 159 Å². The minimum absolute atomic E-state index is 0.327. The minimum Gasteiger partial charge on any atom is -0.357 e. The minimum atomic E-state index is 0.327. The maximum absolute atomic E-state index is 4.76. The van der Waals surface area contributed by atoms with Gasteiger partial charge in [0, 0.05) is 17.8 Å². The fourth-order valence-corrected chi connectivity index (χ4v) is 4.33. The molecule has 0 radical (unpaired) electrons. The average molecular weight is 373 g/mol. The van der Waals surface area contributed by atoms with Gasteiger partial charge in [0.15, 0.2) is 5.96 Å². The first-order chi connectivity index (χ1) is 12.7. The largest absolute Gasteiger partial charge is 0.357 e. The summed E-state index contributed by atoms with van der Waals surface area (Å²) in [5.41, 5.74) is 2.40. The quantitative estimate of drug-likeness (QED) is 0.578. The molecule has 2 heterocycles. The number of guanidine groups is 1. The average Bonchev–Trinajstić information content (AvgIpc) is 3.30. The maximum Gasteiger partial charge on any atom is 0.191 e. The van der Waals surface area contributed by atoms with Crippen LogP contribution in [0.2, 0.25) is 0 Å². The van der Waals surface area contributed by atoms with Gasteiger partial charge < -0.3 is 10.6 Å². The second-order valence-electron chi connectivity index (χ2n) is 6.86. The molecule has 1 aromatic heterocycles. The van der Waals surface area contributed by atoms with Gasteiger partial charge in [-0.15, -0.1) is 0 Å². The van der Waals surface area contributed by atoms with Crippen LogP contribution in [0.4, 0.5) is 0 Å². The van der Waals surface area contributed by atoms with Gasteiger partial charge >= 0.3 is 0 Å². The SMILES string of the molecule is CCNC(=NCc1cccc(Cn2cncn2)c1)NCC1(C)CCCS1. The lowest BCUT2D eigenvalue weighted by Crippen LogP contribution is -2.43. The Morgan fingerprint density at radius 1 is 1.35 bits per heavy atom. The molecule has 0 amide bonds. The molecule has 140 valence electrons. The first kappa shape index (κ1) is 18.8. The van der Waals surface area contributed by atoms with Crippen LogP contribution in [0, 0.1) is 0 Å². The van der Waals surface area contributed by atoms with E-state index in [1.54, 1.807) is 12.7 Å². The van der Waals surface area contributed by atoms with Gasteiger partial charge in [-0.2, -0.15) is 16.9 Å². The molecule has 0 aliphatic carbocycles. The van der Waals surface area contributed by atoms with Crippen LogP contribution < -0.4 is 10.6 Å². The third-order valence-corrected chi connectivity index (χ3v) is 6.03. The predicted octanol–water partition coefficient (Wildman–Crippen LogP) is 2.67. The van der Waals surface area contributed by atoms with E-state index in [0.717, 1.165) is 25.6 Å². The second kappa shape index (κ2) is 9.07. The first-order valence-corrected chi connectivity index (χ1v) is 10.2. The number of aromatic nitrogens is 3. The van der Waals surface area contributed by atoms with Gasteiger partial charge in [0.25, 0.3) is 0 Å². The summed E-state index contributed by atoms with van der Waals surface area (Å²) in [4.78, 5) is 8.76. The van der Waals surface area contributed by atoms with Crippen LogP contribution in [0.3, 0.4) is 0 Å². The van der Waals surface area contributed by atoms with Crippen molar-refractivity contribution in [3.8, 4) is 0 Å². The van der Waals surface area contributed by atoms with E-state index in [9.17, 15) is 0 Å². The van der Waals surface area contributed by atoms with E-state index in [-0.39, 0.29) is 0 Å². The summed E-state index contributed by atoms with van der Waals surface area (Å²) in [6.07, 6.45) is 5.88. The molecule has 0 spiro atoms. The number of rotatable bonds is 7. The van der Waals surface area contributed by atoms with E-state index in [2.05, 4.69) is 70.6 Å². The van der Waals surface area contributed by atoms with Crippen LogP contribution in [0.25, 0.3) is 0 Å². The molecule has 2 aromatic rings. The van der Waals surface area contributed by atoms with Crippen molar-refractivity contribution >= 4 is 17.7 Å². The molecule has 1 fully saturated rings. The maximum atomic E-state index is 4.76. The Balaban J connectivity index is 1.59. The Bertz CT molecular complexity index is 707. The Morgan fingerprint density at radius 3 is 2.96 bits per heavy atom. The lowest BCUT2D eigenvalue weighted by atomic mass is 10.1. The van der Waals surface area contributed by atoms with Crippen molar-refractivity contribution in [3.05, 3.63) is 48.0 Å². The zero-order valence-corrected chi connectivity index (χ0v) is 16.4. The molecule has 1 aliphatic heterocycles. The van der Waals surface area contributed by atoms with E-state index in [0.29, 0.717) is 11.3 Å². The summed E-state index contributed by atoms with van der Waals surface area (Å²) < 4.78 is 2.15. The van der Waals surface area contributed by atoms with Crippen LogP contribution >= 0.6 is 11.8 Å². The Kier molecular flexibility index (Phi) is 6.55. The van der Waals surface area contributed by atoms with E-state index in [1.165, 1.54) is 29.7 Å². The second-order valence-corrected chi connectivity index (χ2v) is 8.55. The van der Waals surface area contributed by atoms with Crippen molar-refractivity contribution in [2.24, 2.45) is 4.99 Å². The zero-order chi connectivity index (χ0) is 18.2. The topological polar surface area (TPSA) is 67.1 Å². The summed E-state index contributed by atoms with van der Waals surface area (Å²) in [6.45, 7) is 7.64. The van der Waals surface area contributed by atoms with Crippen molar-refractivity contribution in [1.82, 2.24) is 25.4 Å². The van der Waals surface area contributed by atoms with E-state index < -0.39 is 0 Å². The molecule has 0 bridgehead atoms. The number of benzene rings is 1. The Hall–Kier alpha value is -2.02. The number of hydrogen-bond acceptors (Lipinski definition) is 4. The molecule has 7 heteroatoms. The van der Waals surface area contributed by atoms with Gasteiger partial charge in [-0.3, -0.25) is 0 Å². The molecule has 1 atom stereocenters. The lowest BCUT2D eigenvalue weighted by Gasteiger charge is -2.24. The number of hydrogen-bond donors (Lipinski definition) is 2. The van der Waals surface area contributed by atoms with E-state index in [1.807, 2.05) is 4.68 Å². The van der Waals surface area contributed by atoms with Gasteiger partial charge in [0.05, 0.1) is 13.1 Å². The third kappa shape index (κ3) is 5.49. The summed E-state index contributed by atoms with van der Waals surface area (Å²) in [5, 5.41) is 11.0. The molecule has 1 aromatic carbocycles. The van der Waals surface area contributed by atoms with E-state index in [4.69, 9.17) is 4.99 Å². The van der Waals surface area contributed by atoms with Gasteiger partial charge in [-0.1, -0.05) is 24.3 Å². The van der Waals surface area contributed by atoms with Crippen molar-refractivity contribution in [1.29, 1.82) is 0 Å². The third-order valence-electron chi connectivity index (χ3n) is 4.50. The highest BCUT2D eigenvalue weighted by Crippen LogP contribution is 2.36. The lowest BCUT2D eigenvalue weighted by molar-refractivity contribution is 0.584. The molecule has 1 aliphatic rings. The van der Waals surface area contributed by atoms with Gasteiger partial charge in [-0.05, 0) is 43.6 Å². The number of nitrogens with one attached hydrogen (secondary N) is 2. The van der Waals surface area contributed by atoms with Gasteiger partial charge in [0.2, 0.25) is 0 Å². The summed E-state index contributed by atoms with van der Waals surface area (Å²) >= 11 is 2.06. The summed E-state index contributed by atoms with van der Waals surface area (Å²) in [5.74, 6) is 2.16. The van der Waals surface area contributed by atoms with Crippen LogP contribution in [0.1, 0.15) is 37.8 Å².